The average Bonchev–Trinajstić information content (AvgIpc) is 2.65. The van der Waals surface area contributed by atoms with Crippen molar-refractivity contribution >= 4 is 23.5 Å². The quantitative estimate of drug-likeness (QED) is 0.691. The Bertz CT molecular complexity index is 741. The molecule has 0 heterocycles. The van der Waals surface area contributed by atoms with Crippen molar-refractivity contribution in [3.05, 3.63) is 30.3 Å². The smallest absolute Gasteiger partial charge is 0.326 e. The van der Waals surface area contributed by atoms with Crippen LogP contribution in [0.3, 0.4) is 0 Å². The lowest BCUT2D eigenvalue weighted by molar-refractivity contribution is -0.153. The standard InChI is InChI=1S/C23H30N2O4/c1-15(22(28)25-19-5-3-2-4-6-19)29-21(27)14-24-20(26)13-23-10-16-7-17(11-23)9-18(8-16)12-23/h2-6,15-18H,7-14H2,1H3,(H,24,26)(H,25,28)/t15-,16?,17?,18?,23?/m1/s1. The van der Waals surface area contributed by atoms with E-state index in [-0.39, 0.29) is 17.9 Å². The summed E-state index contributed by atoms with van der Waals surface area (Å²) in [5.41, 5.74) is 0.787. The first kappa shape index (κ1) is 19.9. The number of para-hydroxylation sites is 1. The van der Waals surface area contributed by atoms with Gasteiger partial charge in [0.25, 0.3) is 5.91 Å². The zero-order valence-corrected chi connectivity index (χ0v) is 17.0. The minimum atomic E-state index is -0.928. The zero-order valence-electron chi connectivity index (χ0n) is 17.0. The molecule has 1 atom stereocenters. The number of benzene rings is 1. The van der Waals surface area contributed by atoms with Gasteiger partial charge < -0.3 is 15.4 Å². The summed E-state index contributed by atoms with van der Waals surface area (Å²) in [6.45, 7) is 1.32. The molecule has 0 unspecified atom stereocenters. The van der Waals surface area contributed by atoms with Crippen LogP contribution in [0.25, 0.3) is 0 Å². The molecule has 0 spiro atoms. The maximum absolute atomic E-state index is 12.5. The van der Waals surface area contributed by atoms with Crippen LogP contribution in [0.4, 0.5) is 5.69 Å². The van der Waals surface area contributed by atoms with Crippen molar-refractivity contribution in [2.75, 3.05) is 11.9 Å². The number of esters is 1. The molecule has 4 aliphatic rings. The third kappa shape index (κ3) is 4.80. The molecule has 2 amide bonds. The number of carbonyl (C=O) groups excluding carboxylic acids is 3. The van der Waals surface area contributed by atoms with Crippen LogP contribution >= 0.6 is 0 Å². The Hall–Kier alpha value is -2.37. The van der Waals surface area contributed by atoms with Gasteiger partial charge in [0.1, 0.15) is 6.54 Å². The van der Waals surface area contributed by atoms with Gasteiger partial charge in [-0.25, -0.2) is 0 Å². The average molecular weight is 399 g/mol. The molecule has 6 heteroatoms. The molecular formula is C23H30N2O4. The number of ether oxygens (including phenoxy) is 1. The zero-order chi connectivity index (χ0) is 20.4. The predicted octanol–water partition coefficient (Wildman–Crippen LogP) is 3.28. The van der Waals surface area contributed by atoms with Crippen LogP contribution in [0.15, 0.2) is 30.3 Å². The summed E-state index contributed by atoms with van der Waals surface area (Å²) in [5.74, 6) is 1.31. The number of hydrogen-bond acceptors (Lipinski definition) is 4. The first-order valence-corrected chi connectivity index (χ1v) is 10.7. The summed E-state index contributed by atoms with van der Waals surface area (Å²) >= 11 is 0. The van der Waals surface area contributed by atoms with Gasteiger partial charge in [-0.15, -0.1) is 0 Å². The van der Waals surface area contributed by atoms with E-state index in [0.29, 0.717) is 12.1 Å². The Labute approximate surface area is 171 Å². The number of nitrogens with one attached hydrogen (secondary N) is 2. The molecule has 6 nitrogen and oxygen atoms in total. The van der Waals surface area contributed by atoms with Crippen LogP contribution in [0.5, 0.6) is 0 Å². The van der Waals surface area contributed by atoms with Gasteiger partial charge in [0.15, 0.2) is 6.10 Å². The molecule has 2 N–H and O–H groups in total. The van der Waals surface area contributed by atoms with Crippen molar-refractivity contribution in [2.45, 2.75) is 58.0 Å². The molecule has 4 aliphatic carbocycles. The lowest BCUT2D eigenvalue weighted by atomic mass is 9.49. The molecule has 0 radical (unpaired) electrons. The van der Waals surface area contributed by atoms with Crippen molar-refractivity contribution in [1.29, 1.82) is 0 Å². The van der Waals surface area contributed by atoms with E-state index in [1.54, 1.807) is 12.1 Å². The number of anilines is 1. The van der Waals surface area contributed by atoms with Crippen molar-refractivity contribution < 1.29 is 19.1 Å². The van der Waals surface area contributed by atoms with Gasteiger partial charge in [0.2, 0.25) is 5.91 Å². The second-order valence-corrected chi connectivity index (χ2v) is 9.36. The molecule has 4 bridgehead atoms. The minimum Gasteiger partial charge on any atom is -0.451 e. The fourth-order valence-electron chi connectivity index (χ4n) is 6.14. The van der Waals surface area contributed by atoms with Crippen LogP contribution in [0.1, 0.15) is 51.9 Å². The third-order valence-electron chi connectivity index (χ3n) is 6.85. The molecule has 1 aromatic carbocycles. The Morgan fingerprint density at radius 3 is 2.21 bits per heavy atom. The molecule has 1 aromatic rings. The van der Waals surface area contributed by atoms with E-state index in [1.807, 2.05) is 18.2 Å². The fraction of sp³-hybridized carbons (Fsp3) is 0.609. The van der Waals surface area contributed by atoms with Gasteiger partial charge in [-0.05, 0) is 80.8 Å². The van der Waals surface area contributed by atoms with Crippen molar-refractivity contribution in [1.82, 2.24) is 5.32 Å². The van der Waals surface area contributed by atoms with Gasteiger partial charge in [0.05, 0.1) is 0 Å². The first-order chi connectivity index (χ1) is 13.9. The van der Waals surface area contributed by atoms with E-state index < -0.39 is 18.0 Å². The molecule has 0 aliphatic heterocycles. The molecule has 0 saturated heterocycles. The van der Waals surface area contributed by atoms with Crippen molar-refractivity contribution in [2.24, 2.45) is 23.2 Å². The molecule has 5 rings (SSSR count). The summed E-state index contributed by atoms with van der Waals surface area (Å²) in [7, 11) is 0. The van der Waals surface area contributed by atoms with Crippen LogP contribution in [-0.4, -0.2) is 30.4 Å². The van der Waals surface area contributed by atoms with E-state index in [1.165, 1.54) is 26.2 Å². The largest absolute Gasteiger partial charge is 0.451 e. The third-order valence-corrected chi connectivity index (χ3v) is 6.85. The number of rotatable bonds is 7. The normalized spacial score (nSPS) is 30.4. The molecular weight excluding hydrogens is 368 g/mol. The van der Waals surface area contributed by atoms with Crippen LogP contribution < -0.4 is 10.6 Å². The van der Waals surface area contributed by atoms with Gasteiger partial charge in [-0.1, -0.05) is 18.2 Å². The molecule has 156 valence electrons. The van der Waals surface area contributed by atoms with Gasteiger partial charge >= 0.3 is 5.97 Å². The monoisotopic (exact) mass is 398 g/mol. The predicted molar refractivity (Wildman–Crippen MR) is 109 cm³/mol. The van der Waals surface area contributed by atoms with E-state index in [4.69, 9.17) is 4.74 Å². The van der Waals surface area contributed by atoms with Gasteiger partial charge in [0, 0.05) is 12.1 Å². The van der Waals surface area contributed by atoms with Crippen LogP contribution in [0, 0.1) is 23.2 Å². The Morgan fingerprint density at radius 1 is 1.03 bits per heavy atom. The SMILES string of the molecule is C[C@@H](OC(=O)CNC(=O)CC12CC3CC(CC(C3)C1)C2)C(=O)Nc1ccccc1. The minimum absolute atomic E-state index is 0.0784. The highest BCUT2D eigenvalue weighted by molar-refractivity contribution is 5.95. The maximum Gasteiger partial charge on any atom is 0.326 e. The lowest BCUT2D eigenvalue weighted by Gasteiger charge is -2.56. The van der Waals surface area contributed by atoms with E-state index >= 15 is 0 Å². The second-order valence-electron chi connectivity index (χ2n) is 9.36. The molecule has 4 fully saturated rings. The Balaban J connectivity index is 1.20. The molecule has 29 heavy (non-hydrogen) atoms. The summed E-state index contributed by atoms with van der Waals surface area (Å²) < 4.78 is 5.16. The Morgan fingerprint density at radius 2 is 1.62 bits per heavy atom. The molecule has 0 aromatic heterocycles. The highest BCUT2D eigenvalue weighted by atomic mass is 16.5. The van der Waals surface area contributed by atoms with Crippen molar-refractivity contribution in [3.63, 3.8) is 0 Å². The maximum atomic E-state index is 12.5. The fourth-order valence-corrected chi connectivity index (χ4v) is 6.14. The van der Waals surface area contributed by atoms with Crippen molar-refractivity contribution in [3.8, 4) is 0 Å². The Kier molecular flexibility index (Phi) is 5.61. The van der Waals surface area contributed by atoms with Gasteiger partial charge in [-0.2, -0.15) is 0 Å². The van der Waals surface area contributed by atoms with E-state index in [9.17, 15) is 14.4 Å². The topological polar surface area (TPSA) is 84.5 Å². The summed E-state index contributed by atoms with van der Waals surface area (Å²) in [5, 5.41) is 5.40. The highest BCUT2D eigenvalue weighted by Crippen LogP contribution is 2.61. The first-order valence-electron chi connectivity index (χ1n) is 10.7. The molecule has 4 saturated carbocycles. The number of hydrogen-bond donors (Lipinski definition) is 2. The number of amides is 2. The van der Waals surface area contributed by atoms with Crippen LogP contribution in [0.2, 0.25) is 0 Å². The van der Waals surface area contributed by atoms with Gasteiger partial charge in [-0.3, -0.25) is 14.4 Å². The highest BCUT2D eigenvalue weighted by Gasteiger charge is 2.51. The number of carbonyl (C=O) groups is 3. The second kappa shape index (κ2) is 8.17. The van der Waals surface area contributed by atoms with E-state index in [2.05, 4.69) is 10.6 Å². The van der Waals surface area contributed by atoms with Crippen LogP contribution in [-0.2, 0) is 19.1 Å². The lowest BCUT2D eigenvalue weighted by Crippen LogP contribution is -2.48. The summed E-state index contributed by atoms with van der Waals surface area (Å²) in [4.78, 5) is 36.7. The van der Waals surface area contributed by atoms with E-state index in [0.717, 1.165) is 37.0 Å². The summed E-state index contributed by atoms with van der Waals surface area (Å²) in [6.07, 6.45) is 7.09. The summed E-state index contributed by atoms with van der Waals surface area (Å²) in [6, 6.07) is 9.00.